The maximum Gasteiger partial charge on any atom is 0.251 e. The average Bonchev–Trinajstić information content (AvgIpc) is 2.03. The third kappa shape index (κ3) is 2.82. The number of hydrogen-bond acceptors (Lipinski definition) is 2. The number of nitrogens with zero attached hydrogens (tertiary/aromatic N) is 1. The average molecular weight is 182 g/mol. The van der Waals surface area contributed by atoms with Gasteiger partial charge in [0.05, 0.1) is 0 Å². The molecule has 0 unspecified atom stereocenters. The van der Waals surface area contributed by atoms with Crippen molar-refractivity contribution in [1.29, 1.82) is 0 Å². The predicted octanol–water partition coefficient (Wildman–Crippen LogP) is 1.36. The second-order valence-electron chi connectivity index (χ2n) is 3.00. The molecule has 0 aliphatic heterocycles. The Balaban J connectivity index is 2.77. The molecule has 4 heteroatoms. The number of rotatable bonds is 2. The van der Waals surface area contributed by atoms with Crippen LogP contribution >= 0.6 is 0 Å². The second kappa shape index (κ2) is 3.98. The van der Waals surface area contributed by atoms with Crippen LogP contribution in [0.2, 0.25) is 0 Å². The fraction of sp³-hybridized carbons (Fsp3) is 0.333. The minimum atomic E-state index is -0.642. The Labute approximate surface area is 76.0 Å². The Morgan fingerprint density at radius 2 is 2.31 bits per heavy atom. The van der Waals surface area contributed by atoms with Crippen LogP contribution in [-0.4, -0.2) is 16.9 Å². The molecule has 3 nitrogen and oxygen atoms in total. The summed E-state index contributed by atoms with van der Waals surface area (Å²) in [6.45, 7) is 3.69. The van der Waals surface area contributed by atoms with Crippen LogP contribution in [0, 0.1) is 5.95 Å². The summed E-state index contributed by atoms with van der Waals surface area (Å²) in [4.78, 5) is 14.7. The van der Waals surface area contributed by atoms with Crippen LogP contribution in [-0.2, 0) is 0 Å². The molecule has 1 heterocycles. The van der Waals surface area contributed by atoms with Gasteiger partial charge in [0.25, 0.3) is 5.91 Å². The zero-order valence-electron chi connectivity index (χ0n) is 7.54. The Bertz CT molecular complexity index is 312. The van der Waals surface area contributed by atoms with Crippen molar-refractivity contribution >= 4 is 5.91 Å². The van der Waals surface area contributed by atoms with Gasteiger partial charge in [-0.05, 0) is 19.9 Å². The van der Waals surface area contributed by atoms with Crippen molar-refractivity contribution in [2.75, 3.05) is 0 Å². The molecular weight excluding hydrogens is 171 g/mol. The first-order chi connectivity index (χ1) is 6.09. The summed E-state index contributed by atoms with van der Waals surface area (Å²) in [5, 5.41) is 2.65. The van der Waals surface area contributed by atoms with E-state index in [1.54, 1.807) is 0 Å². The molecule has 1 amide bonds. The van der Waals surface area contributed by atoms with Crippen LogP contribution in [0.5, 0.6) is 0 Å². The summed E-state index contributed by atoms with van der Waals surface area (Å²) in [5.41, 5.74) is 0.293. The van der Waals surface area contributed by atoms with E-state index >= 15 is 0 Å². The van der Waals surface area contributed by atoms with Gasteiger partial charge in [0.2, 0.25) is 5.95 Å². The predicted molar refractivity (Wildman–Crippen MR) is 46.8 cm³/mol. The maximum absolute atomic E-state index is 12.6. The second-order valence-corrected chi connectivity index (χ2v) is 3.00. The molecule has 0 atom stereocenters. The highest BCUT2D eigenvalue weighted by molar-refractivity contribution is 5.94. The molecular formula is C9H11FN2O. The van der Waals surface area contributed by atoms with E-state index in [0.717, 1.165) is 6.07 Å². The van der Waals surface area contributed by atoms with Gasteiger partial charge in [-0.15, -0.1) is 0 Å². The molecule has 0 aliphatic carbocycles. The summed E-state index contributed by atoms with van der Waals surface area (Å²) in [5.74, 6) is -0.923. The first-order valence-electron chi connectivity index (χ1n) is 4.02. The van der Waals surface area contributed by atoms with E-state index in [2.05, 4.69) is 10.3 Å². The molecule has 70 valence electrons. The smallest absolute Gasteiger partial charge is 0.251 e. The number of aromatic nitrogens is 1. The molecule has 1 aromatic rings. The fourth-order valence-electron chi connectivity index (χ4n) is 0.889. The van der Waals surface area contributed by atoms with E-state index in [4.69, 9.17) is 0 Å². The molecule has 0 radical (unpaired) electrons. The number of amides is 1. The summed E-state index contributed by atoms with van der Waals surface area (Å²) in [7, 11) is 0. The molecule has 13 heavy (non-hydrogen) atoms. The lowest BCUT2D eigenvalue weighted by molar-refractivity contribution is 0.0942. The quantitative estimate of drug-likeness (QED) is 0.701. The van der Waals surface area contributed by atoms with Crippen LogP contribution in [0.4, 0.5) is 4.39 Å². The topological polar surface area (TPSA) is 42.0 Å². The van der Waals surface area contributed by atoms with E-state index in [9.17, 15) is 9.18 Å². The van der Waals surface area contributed by atoms with E-state index in [-0.39, 0.29) is 11.9 Å². The monoisotopic (exact) mass is 182 g/mol. The number of halogens is 1. The lowest BCUT2D eigenvalue weighted by Crippen LogP contribution is -2.30. The van der Waals surface area contributed by atoms with Crippen LogP contribution in [0.25, 0.3) is 0 Å². The Kier molecular flexibility index (Phi) is 2.95. The van der Waals surface area contributed by atoms with E-state index < -0.39 is 5.95 Å². The van der Waals surface area contributed by atoms with E-state index in [1.165, 1.54) is 12.3 Å². The molecule has 1 rings (SSSR count). The molecule has 1 aromatic heterocycles. The van der Waals surface area contributed by atoms with E-state index in [1.807, 2.05) is 13.8 Å². The maximum atomic E-state index is 12.6. The lowest BCUT2D eigenvalue weighted by Gasteiger charge is -2.07. The highest BCUT2D eigenvalue weighted by Gasteiger charge is 2.07. The molecule has 1 N–H and O–H groups in total. The minimum absolute atomic E-state index is 0.0451. The number of nitrogens with one attached hydrogen (secondary N) is 1. The van der Waals surface area contributed by atoms with Gasteiger partial charge in [-0.1, -0.05) is 0 Å². The van der Waals surface area contributed by atoms with Crippen molar-refractivity contribution in [3.63, 3.8) is 0 Å². The zero-order valence-corrected chi connectivity index (χ0v) is 7.54. The number of hydrogen-bond donors (Lipinski definition) is 1. The Hall–Kier alpha value is -1.45. The van der Waals surface area contributed by atoms with Crippen LogP contribution in [0.15, 0.2) is 18.3 Å². The largest absolute Gasteiger partial charge is 0.350 e. The molecule has 0 spiro atoms. The first-order valence-corrected chi connectivity index (χ1v) is 4.02. The van der Waals surface area contributed by atoms with Gasteiger partial charge >= 0.3 is 0 Å². The fourth-order valence-corrected chi connectivity index (χ4v) is 0.889. The van der Waals surface area contributed by atoms with Crippen LogP contribution in [0.3, 0.4) is 0 Å². The van der Waals surface area contributed by atoms with Gasteiger partial charge in [0.15, 0.2) is 0 Å². The number of pyridine rings is 1. The molecule has 0 saturated carbocycles. The highest BCUT2D eigenvalue weighted by atomic mass is 19.1. The normalized spacial score (nSPS) is 10.2. The minimum Gasteiger partial charge on any atom is -0.350 e. The molecule has 0 saturated heterocycles. The SMILES string of the molecule is CC(C)NC(=O)c1ccnc(F)c1. The van der Waals surface area contributed by atoms with Gasteiger partial charge < -0.3 is 5.32 Å². The third-order valence-corrected chi connectivity index (χ3v) is 1.41. The van der Waals surface area contributed by atoms with Gasteiger partial charge in [-0.2, -0.15) is 4.39 Å². The Morgan fingerprint density at radius 3 is 2.85 bits per heavy atom. The van der Waals surface area contributed by atoms with Crippen molar-refractivity contribution in [1.82, 2.24) is 10.3 Å². The van der Waals surface area contributed by atoms with Crippen LogP contribution in [0.1, 0.15) is 24.2 Å². The van der Waals surface area contributed by atoms with Gasteiger partial charge in [-0.25, -0.2) is 4.98 Å². The summed E-state index contributed by atoms with van der Waals surface area (Å²) in [6, 6.07) is 2.63. The third-order valence-electron chi connectivity index (χ3n) is 1.41. The highest BCUT2D eigenvalue weighted by Crippen LogP contribution is 2.00. The van der Waals surface area contributed by atoms with Gasteiger partial charge in [0, 0.05) is 23.9 Å². The van der Waals surface area contributed by atoms with Gasteiger partial charge in [-0.3, -0.25) is 4.79 Å². The summed E-state index contributed by atoms with van der Waals surface area (Å²) < 4.78 is 12.6. The van der Waals surface area contributed by atoms with Crippen molar-refractivity contribution in [3.8, 4) is 0 Å². The zero-order chi connectivity index (χ0) is 9.84. The van der Waals surface area contributed by atoms with Gasteiger partial charge in [0.1, 0.15) is 0 Å². The van der Waals surface area contributed by atoms with Crippen molar-refractivity contribution in [3.05, 3.63) is 29.8 Å². The number of carbonyl (C=O) groups excluding carboxylic acids is 1. The van der Waals surface area contributed by atoms with Crippen LogP contribution < -0.4 is 5.32 Å². The Morgan fingerprint density at radius 1 is 1.62 bits per heavy atom. The lowest BCUT2D eigenvalue weighted by atomic mass is 10.2. The molecule has 0 aliphatic rings. The van der Waals surface area contributed by atoms with Crippen molar-refractivity contribution in [2.24, 2.45) is 0 Å². The summed E-state index contributed by atoms with van der Waals surface area (Å²) >= 11 is 0. The van der Waals surface area contributed by atoms with Crippen molar-refractivity contribution < 1.29 is 9.18 Å². The molecule has 0 fully saturated rings. The van der Waals surface area contributed by atoms with E-state index in [0.29, 0.717) is 5.56 Å². The number of carbonyl (C=O) groups is 1. The molecule has 0 bridgehead atoms. The standard InChI is InChI=1S/C9H11FN2O/c1-6(2)12-9(13)7-3-4-11-8(10)5-7/h3-6H,1-2H3,(H,12,13). The summed E-state index contributed by atoms with van der Waals surface area (Å²) in [6.07, 6.45) is 1.27. The first kappa shape index (κ1) is 9.64. The molecule has 0 aromatic carbocycles. The van der Waals surface area contributed by atoms with Crippen molar-refractivity contribution in [2.45, 2.75) is 19.9 Å².